The minimum absolute atomic E-state index is 0. The fourth-order valence-corrected chi connectivity index (χ4v) is 4.83. The fraction of sp³-hybridized carbons (Fsp3) is 0.632. The Labute approximate surface area is 173 Å². The third-order valence-electron chi connectivity index (χ3n) is 5.51. The number of carbonyl (C=O) groups excluding carboxylic acids is 1. The van der Waals surface area contributed by atoms with E-state index < -0.39 is 15.6 Å². The van der Waals surface area contributed by atoms with Gasteiger partial charge in [-0.15, -0.1) is 12.4 Å². The van der Waals surface area contributed by atoms with E-state index in [2.05, 4.69) is 4.72 Å². The molecule has 0 aromatic heterocycles. The number of carbonyl (C=O) groups is 1. The molecular formula is C19H30ClN3O4S. The molecule has 2 saturated heterocycles. The minimum Gasteiger partial charge on any atom is -0.381 e. The lowest BCUT2D eigenvalue weighted by molar-refractivity contribution is -0.142. The Morgan fingerprint density at radius 2 is 1.93 bits per heavy atom. The van der Waals surface area contributed by atoms with Crippen LogP contribution in [0.5, 0.6) is 0 Å². The van der Waals surface area contributed by atoms with Crippen molar-refractivity contribution in [3.63, 3.8) is 0 Å². The summed E-state index contributed by atoms with van der Waals surface area (Å²) < 4.78 is 33.0. The monoisotopic (exact) mass is 431 g/mol. The molecule has 0 spiro atoms. The Morgan fingerprint density at radius 1 is 1.29 bits per heavy atom. The molecule has 2 aliphatic heterocycles. The molecule has 1 aromatic carbocycles. The zero-order valence-electron chi connectivity index (χ0n) is 16.2. The lowest BCUT2D eigenvalue weighted by Gasteiger charge is -2.40. The average Bonchev–Trinajstić information content (AvgIpc) is 2.67. The van der Waals surface area contributed by atoms with E-state index in [0.29, 0.717) is 45.7 Å². The maximum absolute atomic E-state index is 12.9. The van der Waals surface area contributed by atoms with Crippen molar-refractivity contribution in [1.29, 1.82) is 0 Å². The number of rotatable bonds is 5. The molecule has 1 atom stereocenters. The zero-order valence-corrected chi connectivity index (χ0v) is 17.9. The van der Waals surface area contributed by atoms with Gasteiger partial charge >= 0.3 is 0 Å². The van der Waals surface area contributed by atoms with Crippen LogP contribution >= 0.6 is 12.4 Å². The third-order valence-corrected chi connectivity index (χ3v) is 6.95. The Balaban J connectivity index is 0.00000280. The highest BCUT2D eigenvalue weighted by molar-refractivity contribution is 7.89. The summed E-state index contributed by atoms with van der Waals surface area (Å²) in [5.41, 5.74) is 6.50. The van der Waals surface area contributed by atoms with Crippen molar-refractivity contribution in [3.8, 4) is 0 Å². The second kappa shape index (κ2) is 9.54. The van der Waals surface area contributed by atoms with Gasteiger partial charge in [0.25, 0.3) is 0 Å². The van der Waals surface area contributed by atoms with Crippen LogP contribution in [0.3, 0.4) is 0 Å². The number of benzene rings is 1. The number of nitrogens with one attached hydrogen (secondary N) is 1. The molecule has 2 aliphatic rings. The Morgan fingerprint density at radius 3 is 2.57 bits per heavy atom. The van der Waals surface area contributed by atoms with Gasteiger partial charge in [-0.2, -0.15) is 0 Å². The largest absolute Gasteiger partial charge is 0.381 e. The first-order chi connectivity index (χ1) is 12.8. The molecule has 0 saturated carbocycles. The number of halogens is 1. The summed E-state index contributed by atoms with van der Waals surface area (Å²) in [6.07, 6.45) is 2.82. The molecule has 3 N–H and O–H groups in total. The SMILES string of the molecule is Cc1ccc(S(=O)(=O)NCC2CCCN(C(=O)C3(N)CCOCC3)C2)cc1.Cl. The summed E-state index contributed by atoms with van der Waals surface area (Å²) >= 11 is 0. The first kappa shape index (κ1) is 23.1. The van der Waals surface area contributed by atoms with Gasteiger partial charge in [-0.25, -0.2) is 13.1 Å². The number of piperidine rings is 1. The number of amides is 1. The molecular weight excluding hydrogens is 402 g/mol. The first-order valence-electron chi connectivity index (χ1n) is 9.52. The number of hydrogen-bond acceptors (Lipinski definition) is 5. The van der Waals surface area contributed by atoms with E-state index >= 15 is 0 Å². The summed E-state index contributed by atoms with van der Waals surface area (Å²) in [5.74, 6) is 0.0586. The van der Waals surface area contributed by atoms with Crippen LogP contribution in [0.2, 0.25) is 0 Å². The topological polar surface area (TPSA) is 102 Å². The van der Waals surface area contributed by atoms with Crippen molar-refractivity contribution < 1.29 is 17.9 Å². The van der Waals surface area contributed by atoms with E-state index in [0.717, 1.165) is 18.4 Å². The molecule has 0 radical (unpaired) electrons. The Hall–Kier alpha value is -1.19. The van der Waals surface area contributed by atoms with Crippen LogP contribution in [0, 0.1) is 12.8 Å². The van der Waals surface area contributed by atoms with Gasteiger partial charge in [0, 0.05) is 32.8 Å². The second-order valence-electron chi connectivity index (χ2n) is 7.69. The van der Waals surface area contributed by atoms with Gasteiger partial charge in [-0.1, -0.05) is 17.7 Å². The molecule has 7 nitrogen and oxygen atoms in total. The van der Waals surface area contributed by atoms with Crippen LogP contribution in [0.25, 0.3) is 0 Å². The predicted molar refractivity (Wildman–Crippen MR) is 110 cm³/mol. The number of likely N-dealkylation sites (tertiary alicyclic amines) is 1. The molecule has 28 heavy (non-hydrogen) atoms. The van der Waals surface area contributed by atoms with Crippen molar-refractivity contribution in [2.75, 3.05) is 32.8 Å². The average molecular weight is 432 g/mol. The minimum atomic E-state index is -3.54. The van der Waals surface area contributed by atoms with Gasteiger partial charge in [0.2, 0.25) is 15.9 Å². The predicted octanol–water partition coefficient (Wildman–Crippen LogP) is 1.44. The smallest absolute Gasteiger partial charge is 0.242 e. The summed E-state index contributed by atoms with van der Waals surface area (Å²) in [7, 11) is -3.54. The first-order valence-corrected chi connectivity index (χ1v) is 11.0. The third kappa shape index (κ3) is 5.45. The molecule has 9 heteroatoms. The van der Waals surface area contributed by atoms with Crippen molar-refractivity contribution in [3.05, 3.63) is 29.8 Å². The van der Waals surface area contributed by atoms with Crippen LogP contribution in [0.1, 0.15) is 31.2 Å². The zero-order chi connectivity index (χ0) is 19.5. The van der Waals surface area contributed by atoms with E-state index in [1.165, 1.54) is 0 Å². The van der Waals surface area contributed by atoms with Crippen molar-refractivity contribution in [2.45, 2.75) is 43.0 Å². The summed E-state index contributed by atoms with van der Waals surface area (Å²) in [6.45, 7) is 4.47. The summed E-state index contributed by atoms with van der Waals surface area (Å²) in [5, 5.41) is 0. The number of ether oxygens (including phenoxy) is 1. The molecule has 2 fully saturated rings. The van der Waals surface area contributed by atoms with Gasteiger partial charge in [0.05, 0.1) is 10.4 Å². The molecule has 1 aromatic rings. The van der Waals surface area contributed by atoms with Crippen LogP contribution in [0.4, 0.5) is 0 Å². The standard InChI is InChI=1S/C19H29N3O4S.ClH/c1-15-4-6-17(7-5-15)27(24,25)21-13-16-3-2-10-22(14-16)18(23)19(20)8-11-26-12-9-19;/h4-7,16,21H,2-3,8-14,20H2,1H3;1H. The molecule has 0 aliphatic carbocycles. The van der Waals surface area contributed by atoms with Gasteiger partial charge in [0.1, 0.15) is 0 Å². The van der Waals surface area contributed by atoms with Crippen molar-refractivity contribution >= 4 is 28.3 Å². The van der Waals surface area contributed by atoms with Crippen LogP contribution in [-0.2, 0) is 19.6 Å². The molecule has 3 rings (SSSR count). The summed E-state index contributed by atoms with van der Waals surface area (Å²) in [6, 6.07) is 6.78. The number of nitrogens with zero attached hydrogens (tertiary/aromatic N) is 1. The van der Waals surface area contributed by atoms with Crippen LogP contribution < -0.4 is 10.5 Å². The van der Waals surface area contributed by atoms with E-state index in [1.54, 1.807) is 29.2 Å². The summed E-state index contributed by atoms with van der Waals surface area (Å²) in [4.78, 5) is 15.0. The van der Waals surface area contributed by atoms with Gasteiger partial charge in [-0.3, -0.25) is 4.79 Å². The highest BCUT2D eigenvalue weighted by atomic mass is 35.5. The van der Waals surface area contributed by atoms with Crippen LogP contribution in [0.15, 0.2) is 29.2 Å². The molecule has 2 heterocycles. The molecule has 158 valence electrons. The maximum Gasteiger partial charge on any atom is 0.242 e. The number of hydrogen-bond donors (Lipinski definition) is 2. The molecule has 1 amide bonds. The van der Waals surface area contributed by atoms with Gasteiger partial charge < -0.3 is 15.4 Å². The van der Waals surface area contributed by atoms with Crippen molar-refractivity contribution in [1.82, 2.24) is 9.62 Å². The molecule has 0 bridgehead atoms. The van der Waals surface area contributed by atoms with E-state index in [4.69, 9.17) is 10.5 Å². The quantitative estimate of drug-likeness (QED) is 0.734. The van der Waals surface area contributed by atoms with Crippen LogP contribution in [-0.4, -0.2) is 57.6 Å². The van der Waals surface area contributed by atoms with Gasteiger partial charge in [0.15, 0.2) is 0 Å². The normalized spacial score (nSPS) is 22.4. The fourth-order valence-electron chi connectivity index (χ4n) is 3.71. The van der Waals surface area contributed by atoms with E-state index in [9.17, 15) is 13.2 Å². The lowest BCUT2D eigenvalue weighted by atomic mass is 9.88. The highest BCUT2D eigenvalue weighted by Crippen LogP contribution is 2.24. The lowest BCUT2D eigenvalue weighted by Crippen LogP contribution is -2.59. The number of aryl methyl sites for hydroxylation is 1. The van der Waals surface area contributed by atoms with E-state index in [-0.39, 0.29) is 29.1 Å². The molecule has 1 unspecified atom stereocenters. The van der Waals surface area contributed by atoms with Crippen molar-refractivity contribution in [2.24, 2.45) is 11.7 Å². The maximum atomic E-state index is 12.9. The second-order valence-corrected chi connectivity index (χ2v) is 9.46. The Kier molecular flexibility index (Phi) is 7.87. The number of nitrogens with two attached hydrogens (primary N) is 1. The number of sulfonamides is 1. The Bertz CT molecular complexity index is 764. The van der Waals surface area contributed by atoms with E-state index in [1.807, 2.05) is 6.92 Å². The van der Waals surface area contributed by atoms with Gasteiger partial charge in [-0.05, 0) is 50.7 Å². The highest BCUT2D eigenvalue weighted by Gasteiger charge is 2.40.